The summed E-state index contributed by atoms with van der Waals surface area (Å²) in [5.41, 5.74) is 3.06. The molecule has 1 aromatic carbocycles. The Hall–Kier alpha value is -0.900. The zero-order chi connectivity index (χ0) is 14.1. The van der Waals surface area contributed by atoms with Gasteiger partial charge in [-0.2, -0.15) is 0 Å². The van der Waals surface area contributed by atoms with Gasteiger partial charge < -0.3 is 14.8 Å². The standard InChI is InChI=1S/C18H25NO2/c1-2-6-16-14(4-1)5-3-7-17(16)19-15-8-10-21-18(12-15)9-11-20-13-18/h1-2,4,6,15,17,19H,3,5,7-13H2. The monoisotopic (exact) mass is 287 g/mol. The van der Waals surface area contributed by atoms with Crippen molar-refractivity contribution < 1.29 is 9.47 Å². The van der Waals surface area contributed by atoms with Gasteiger partial charge in [0.2, 0.25) is 0 Å². The Morgan fingerprint density at radius 3 is 3.00 bits per heavy atom. The van der Waals surface area contributed by atoms with Crippen molar-refractivity contribution in [2.24, 2.45) is 0 Å². The molecule has 0 bridgehead atoms. The molecule has 3 atom stereocenters. The molecule has 2 saturated heterocycles. The maximum Gasteiger partial charge on any atom is 0.0951 e. The quantitative estimate of drug-likeness (QED) is 0.907. The average Bonchev–Trinajstić information content (AvgIpc) is 2.95. The van der Waals surface area contributed by atoms with Crippen LogP contribution in [0.25, 0.3) is 0 Å². The normalized spacial score (nSPS) is 35.8. The predicted octanol–water partition coefficient (Wildman–Crippen LogP) is 2.99. The number of fused-ring (bicyclic) bond motifs is 1. The lowest BCUT2D eigenvalue weighted by molar-refractivity contribution is -0.0905. The van der Waals surface area contributed by atoms with E-state index < -0.39 is 0 Å². The molecule has 0 aromatic heterocycles. The Morgan fingerprint density at radius 1 is 1.14 bits per heavy atom. The summed E-state index contributed by atoms with van der Waals surface area (Å²) < 4.78 is 11.6. The molecule has 1 aliphatic carbocycles. The first-order valence-electron chi connectivity index (χ1n) is 8.40. The van der Waals surface area contributed by atoms with Crippen molar-refractivity contribution in [3.63, 3.8) is 0 Å². The highest BCUT2D eigenvalue weighted by atomic mass is 16.6. The topological polar surface area (TPSA) is 30.5 Å². The first-order chi connectivity index (χ1) is 10.3. The van der Waals surface area contributed by atoms with Gasteiger partial charge in [-0.15, -0.1) is 0 Å². The number of rotatable bonds is 2. The predicted molar refractivity (Wildman–Crippen MR) is 82.4 cm³/mol. The fourth-order valence-electron chi connectivity index (χ4n) is 4.24. The number of hydrogen-bond donors (Lipinski definition) is 1. The molecule has 2 aliphatic heterocycles. The van der Waals surface area contributed by atoms with Crippen molar-refractivity contribution in [2.75, 3.05) is 19.8 Å². The zero-order valence-corrected chi connectivity index (χ0v) is 12.6. The van der Waals surface area contributed by atoms with Crippen molar-refractivity contribution >= 4 is 0 Å². The third-order valence-corrected chi connectivity index (χ3v) is 5.37. The van der Waals surface area contributed by atoms with E-state index in [1.807, 2.05) is 0 Å². The summed E-state index contributed by atoms with van der Waals surface area (Å²) in [6.45, 7) is 2.51. The Kier molecular flexibility index (Phi) is 3.74. The van der Waals surface area contributed by atoms with E-state index in [2.05, 4.69) is 29.6 Å². The van der Waals surface area contributed by atoms with Gasteiger partial charge in [0.05, 0.1) is 12.2 Å². The summed E-state index contributed by atoms with van der Waals surface area (Å²) in [7, 11) is 0. The Labute approximate surface area is 127 Å². The van der Waals surface area contributed by atoms with Crippen LogP contribution in [0.2, 0.25) is 0 Å². The third kappa shape index (κ3) is 2.75. The summed E-state index contributed by atoms with van der Waals surface area (Å²) >= 11 is 0. The van der Waals surface area contributed by atoms with E-state index in [1.165, 1.54) is 30.4 Å². The van der Waals surface area contributed by atoms with Gasteiger partial charge in [-0.3, -0.25) is 0 Å². The minimum Gasteiger partial charge on any atom is -0.378 e. The molecule has 0 amide bonds. The van der Waals surface area contributed by atoms with Crippen molar-refractivity contribution in [2.45, 2.75) is 56.2 Å². The number of aryl methyl sites for hydroxylation is 1. The second kappa shape index (κ2) is 5.71. The molecule has 3 nitrogen and oxygen atoms in total. The number of nitrogens with one attached hydrogen (secondary N) is 1. The van der Waals surface area contributed by atoms with Gasteiger partial charge in [0, 0.05) is 31.7 Å². The molecule has 3 unspecified atom stereocenters. The van der Waals surface area contributed by atoms with Crippen LogP contribution in [0.5, 0.6) is 0 Å². The molecule has 1 aromatic rings. The van der Waals surface area contributed by atoms with Gasteiger partial charge in [-0.25, -0.2) is 0 Å². The number of ether oxygens (including phenoxy) is 2. The van der Waals surface area contributed by atoms with E-state index in [0.717, 1.165) is 39.1 Å². The van der Waals surface area contributed by atoms with E-state index in [1.54, 1.807) is 0 Å². The van der Waals surface area contributed by atoms with Gasteiger partial charge in [-0.05, 0) is 43.2 Å². The van der Waals surface area contributed by atoms with Crippen molar-refractivity contribution in [1.82, 2.24) is 5.32 Å². The van der Waals surface area contributed by atoms with E-state index in [4.69, 9.17) is 9.47 Å². The molecule has 21 heavy (non-hydrogen) atoms. The Bertz CT molecular complexity index is 496. The summed E-state index contributed by atoms with van der Waals surface area (Å²) in [5, 5.41) is 3.93. The lowest BCUT2D eigenvalue weighted by Crippen LogP contribution is -2.48. The summed E-state index contributed by atoms with van der Waals surface area (Å²) in [4.78, 5) is 0. The van der Waals surface area contributed by atoms with Crippen molar-refractivity contribution in [3.8, 4) is 0 Å². The first-order valence-corrected chi connectivity index (χ1v) is 8.40. The summed E-state index contributed by atoms with van der Waals surface area (Å²) in [5.74, 6) is 0. The molecule has 2 heterocycles. The van der Waals surface area contributed by atoms with Crippen LogP contribution in [0.3, 0.4) is 0 Å². The summed E-state index contributed by atoms with van der Waals surface area (Å²) in [6.07, 6.45) is 7.09. The Balaban J connectivity index is 1.46. The van der Waals surface area contributed by atoms with Crippen LogP contribution in [0, 0.1) is 0 Å². The van der Waals surface area contributed by atoms with Crippen LogP contribution in [0.1, 0.15) is 49.3 Å². The van der Waals surface area contributed by atoms with Crippen LogP contribution in [0.4, 0.5) is 0 Å². The molecule has 3 aliphatic rings. The molecule has 1 spiro atoms. The van der Waals surface area contributed by atoms with Crippen LogP contribution >= 0.6 is 0 Å². The largest absolute Gasteiger partial charge is 0.378 e. The third-order valence-electron chi connectivity index (χ3n) is 5.37. The fourth-order valence-corrected chi connectivity index (χ4v) is 4.24. The first kappa shape index (κ1) is 13.7. The fraction of sp³-hybridized carbons (Fsp3) is 0.667. The average molecular weight is 287 g/mol. The molecular weight excluding hydrogens is 262 g/mol. The Morgan fingerprint density at radius 2 is 2.10 bits per heavy atom. The molecule has 0 saturated carbocycles. The zero-order valence-electron chi connectivity index (χ0n) is 12.6. The highest BCUT2D eigenvalue weighted by molar-refractivity contribution is 5.32. The molecule has 114 valence electrons. The van der Waals surface area contributed by atoms with Crippen molar-refractivity contribution in [1.29, 1.82) is 0 Å². The number of hydrogen-bond acceptors (Lipinski definition) is 3. The molecule has 1 N–H and O–H groups in total. The van der Waals surface area contributed by atoms with Gasteiger partial charge in [0.15, 0.2) is 0 Å². The maximum atomic E-state index is 6.05. The number of benzene rings is 1. The second-order valence-corrected chi connectivity index (χ2v) is 6.83. The highest BCUT2D eigenvalue weighted by Crippen LogP contribution is 2.35. The summed E-state index contributed by atoms with van der Waals surface area (Å²) in [6, 6.07) is 10.0. The van der Waals surface area contributed by atoms with Gasteiger partial charge in [0.25, 0.3) is 0 Å². The molecule has 4 rings (SSSR count). The molecular formula is C18H25NO2. The molecule has 3 heteroatoms. The highest BCUT2D eigenvalue weighted by Gasteiger charge is 2.41. The lowest BCUT2D eigenvalue weighted by Gasteiger charge is -2.40. The molecule has 0 radical (unpaired) electrons. The van der Waals surface area contributed by atoms with E-state index in [9.17, 15) is 0 Å². The van der Waals surface area contributed by atoms with E-state index in [0.29, 0.717) is 12.1 Å². The van der Waals surface area contributed by atoms with E-state index in [-0.39, 0.29) is 5.60 Å². The maximum absolute atomic E-state index is 6.05. The lowest BCUT2D eigenvalue weighted by atomic mass is 9.85. The van der Waals surface area contributed by atoms with Crippen LogP contribution < -0.4 is 5.32 Å². The van der Waals surface area contributed by atoms with Crippen LogP contribution in [0.15, 0.2) is 24.3 Å². The second-order valence-electron chi connectivity index (χ2n) is 6.83. The van der Waals surface area contributed by atoms with Gasteiger partial charge in [0.1, 0.15) is 0 Å². The smallest absolute Gasteiger partial charge is 0.0951 e. The van der Waals surface area contributed by atoms with E-state index >= 15 is 0 Å². The molecule has 2 fully saturated rings. The minimum absolute atomic E-state index is 0.00407. The van der Waals surface area contributed by atoms with Gasteiger partial charge in [-0.1, -0.05) is 24.3 Å². The van der Waals surface area contributed by atoms with Crippen LogP contribution in [-0.4, -0.2) is 31.5 Å². The SMILES string of the molecule is c1ccc2c(c1)CCCC2NC1CCOC2(CCOC2)C1. The van der Waals surface area contributed by atoms with Crippen molar-refractivity contribution in [3.05, 3.63) is 35.4 Å². The van der Waals surface area contributed by atoms with Crippen LogP contribution in [-0.2, 0) is 15.9 Å². The minimum atomic E-state index is 0.00407. The van der Waals surface area contributed by atoms with Gasteiger partial charge >= 0.3 is 0 Å².